The van der Waals surface area contributed by atoms with Crippen LogP contribution < -0.4 is 14.3 Å². The summed E-state index contributed by atoms with van der Waals surface area (Å²) in [5.74, 6) is -0.263. The van der Waals surface area contributed by atoms with E-state index in [9.17, 15) is 18.0 Å². The van der Waals surface area contributed by atoms with Crippen molar-refractivity contribution in [3.8, 4) is 11.5 Å². The van der Waals surface area contributed by atoms with Gasteiger partial charge in [-0.25, -0.2) is 4.83 Å². The van der Waals surface area contributed by atoms with Gasteiger partial charge in [0.15, 0.2) is 11.5 Å². The van der Waals surface area contributed by atoms with Crippen LogP contribution in [0.3, 0.4) is 0 Å². The van der Waals surface area contributed by atoms with Crippen molar-refractivity contribution in [2.45, 2.75) is 4.90 Å². The largest absolute Gasteiger partial charge is 0.493 e. The Bertz CT molecular complexity index is 1030. The van der Waals surface area contributed by atoms with Crippen LogP contribution in [0.15, 0.2) is 52.5 Å². The predicted molar refractivity (Wildman–Crippen MR) is 100 cm³/mol. The number of methoxy groups -OCH3 is 2. The molecule has 9 nitrogen and oxygen atoms in total. The van der Waals surface area contributed by atoms with Gasteiger partial charge < -0.3 is 9.47 Å². The van der Waals surface area contributed by atoms with Gasteiger partial charge in [0.05, 0.1) is 36.8 Å². The molecule has 0 atom stereocenters. The summed E-state index contributed by atoms with van der Waals surface area (Å²) in [5, 5.41) is 3.63. The Morgan fingerprint density at radius 1 is 1.00 bits per heavy atom. The van der Waals surface area contributed by atoms with Gasteiger partial charge in [0.1, 0.15) is 0 Å². The van der Waals surface area contributed by atoms with Crippen LogP contribution in [0.2, 0.25) is 0 Å². The summed E-state index contributed by atoms with van der Waals surface area (Å²) in [4.78, 5) is 27.4. The zero-order chi connectivity index (χ0) is 20.3. The van der Waals surface area contributed by atoms with E-state index in [-0.39, 0.29) is 17.2 Å². The molecule has 1 aliphatic rings. The smallest absolute Gasteiger partial charge is 0.276 e. The van der Waals surface area contributed by atoms with E-state index >= 15 is 0 Å². The molecular weight excluding hydrogens is 386 g/mol. The highest BCUT2D eigenvalue weighted by Gasteiger charge is 2.34. The van der Waals surface area contributed by atoms with Crippen LogP contribution in [0, 0.1) is 0 Å². The Balaban J connectivity index is 1.68. The first-order chi connectivity index (χ1) is 13.4. The van der Waals surface area contributed by atoms with E-state index in [1.807, 2.05) is 4.83 Å². The number of fused-ring (bicyclic) bond motifs is 1. The second-order valence-corrected chi connectivity index (χ2v) is 7.35. The second-order valence-electron chi connectivity index (χ2n) is 5.69. The van der Waals surface area contributed by atoms with Gasteiger partial charge in [-0.1, -0.05) is 12.1 Å². The molecule has 0 saturated carbocycles. The zero-order valence-corrected chi connectivity index (χ0v) is 15.9. The fourth-order valence-electron chi connectivity index (χ4n) is 2.67. The fraction of sp³-hybridized carbons (Fsp3) is 0.167. The number of sulfonamides is 1. The minimum Gasteiger partial charge on any atom is -0.493 e. The summed E-state index contributed by atoms with van der Waals surface area (Å²) in [6.45, 7) is -0.166. The number of rotatable bonds is 7. The number of hydrazone groups is 1. The topological polar surface area (TPSA) is 114 Å². The van der Waals surface area contributed by atoms with Gasteiger partial charge in [0.25, 0.3) is 21.8 Å². The monoisotopic (exact) mass is 403 g/mol. The summed E-state index contributed by atoms with van der Waals surface area (Å²) >= 11 is 0. The van der Waals surface area contributed by atoms with Crippen LogP contribution >= 0.6 is 0 Å². The third-order valence-corrected chi connectivity index (χ3v) is 5.29. The predicted octanol–water partition coefficient (Wildman–Crippen LogP) is 1.26. The molecule has 0 bridgehead atoms. The van der Waals surface area contributed by atoms with E-state index in [4.69, 9.17) is 9.47 Å². The van der Waals surface area contributed by atoms with Gasteiger partial charge >= 0.3 is 0 Å². The van der Waals surface area contributed by atoms with Crippen LogP contribution in [0.5, 0.6) is 11.5 Å². The van der Waals surface area contributed by atoms with Crippen LogP contribution in [-0.4, -0.2) is 52.1 Å². The Morgan fingerprint density at radius 3 is 2.18 bits per heavy atom. The first-order valence-corrected chi connectivity index (χ1v) is 9.58. The third-order valence-electron chi connectivity index (χ3n) is 4.07. The number of ether oxygens (including phenoxy) is 2. The molecule has 0 aromatic heterocycles. The van der Waals surface area contributed by atoms with Crippen LogP contribution in [0.4, 0.5) is 0 Å². The highest BCUT2D eigenvalue weighted by molar-refractivity contribution is 7.89. The van der Waals surface area contributed by atoms with Crippen molar-refractivity contribution < 1.29 is 27.5 Å². The normalized spacial score (nSPS) is 13.7. The average molecular weight is 403 g/mol. The summed E-state index contributed by atoms with van der Waals surface area (Å²) in [6.07, 6.45) is 1.14. The molecule has 28 heavy (non-hydrogen) atoms. The molecule has 0 radical (unpaired) electrons. The Morgan fingerprint density at radius 2 is 1.61 bits per heavy atom. The van der Waals surface area contributed by atoms with Gasteiger partial charge in [-0.3, -0.25) is 14.5 Å². The molecular formula is C18H17N3O6S. The van der Waals surface area contributed by atoms with Gasteiger partial charge in [0.2, 0.25) is 0 Å². The standard InChI is InChI=1S/C18H17N3O6S/c1-26-15-8-7-12(11-16(15)27-2)28(24,25)20-19-9-10-21-17(22)13-5-3-4-6-14(13)18(21)23/h3-9,11,20H,10H2,1-2H3/b19-9-. The van der Waals surface area contributed by atoms with E-state index < -0.39 is 21.8 Å². The molecule has 2 aromatic rings. The summed E-state index contributed by atoms with van der Waals surface area (Å²) < 4.78 is 34.8. The van der Waals surface area contributed by atoms with Crippen molar-refractivity contribution in [3.63, 3.8) is 0 Å². The van der Waals surface area contributed by atoms with E-state index in [2.05, 4.69) is 5.10 Å². The highest BCUT2D eigenvalue weighted by Crippen LogP contribution is 2.29. The number of amides is 2. The lowest BCUT2D eigenvalue weighted by atomic mass is 10.1. The van der Waals surface area contributed by atoms with Crippen molar-refractivity contribution in [3.05, 3.63) is 53.6 Å². The summed E-state index contributed by atoms with van der Waals surface area (Å²) in [5.41, 5.74) is 0.624. The number of nitrogens with zero attached hydrogens (tertiary/aromatic N) is 2. The number of carbonyl (C=O) groups excluding carboxylic acids is 2. The SMILES string of the molecule is COc1ccc(S(=O)(=O)N/N=C\CN2C(=O)c3ccccc3C2=O)cc1OC. The van der Waals surface area contributed by atoms with Crippen molar-refractivity contribution >= 4 is 28.1 Å². The molecule has 1 N–H and O–H groups in total. The quantitative estimate of drug-likeness (QED) is 0.423. The molecule has 2 aromatic carbocycles. The average Bonchev–Trinajstić information content (AvgIpc) is 2.95. The summed E-state index contributed by atoms with van der Waals surface area (Å²) in [6, 6.07) is 10.5. The van der Waals surface area contributed by atoms with Crippen molar-refractivity contribution in [1.82, 2.24) is 9.73 Å². The molecule has 0 aliphatic carbocycles. The molecule has 0 fully saturated rings. The number of hydrogen-bond donors (Lipinski definition) is 1. The number of benzene rings is 2. The van der Waals surface area contributed by atoms with Crippen molar-refractivity contribution in [2.75, 3.05) is 20.8 Å². The first kappa shape index (κ1) is 19.4. The summed E-state index contributed by atoms with van der Waals surface area (Å²) in [7, 11) is -1.14. The Hall–Kier alpha value is -3.40. The minimum atomic E-state index is -3.97. The lowest BCUT2D eigenvalue weighted by Gasteiger charge is -2.11. The van der Waals surface area contributed by atoms with Gasteiger partial charge in [-0.15, -0.1) is 0 Å². The van der Waals surface area contributed by atoms with Crippen molar-refractivity contribution in [1.29, 1.82) is 0 Å². The minimum absolute atomic E-state index is 0.0805. The Kier molecular flexibility index (Phi) is 5.32. The molecule has 0 saturated heterocycles. The molecule has 3 rings (SSSR count). The van der Waals surface area contributed by atoms with Gasteiger partial charge in [-0.2, -0.15) is 13.5 Å². The molecule has 1 heterocycles. The van der Waals surface area contributed by atoms with Gasteiger partial charge in [0, 0.05) is 12.3 Å². The second kappa shape index (κ2) is 7.69. The molecule has 1 aliphatic heterocycles. The number of nitrogens with one attached hydrogen (secondary N) is 1. The van der Waals surface area contributed by atoms with E-state index in [0.29, 0.717) is 16.9 Å². The maximum atomic E-state index is 12.3. The number of hydrogen-bond acceptors (Lipinski definition) is 7. The van der Waals surface area contributed by atoms with E-state index in [1.54, 1.807) is 24.3 Å². The highest BCUT2D eigenvalue weighted by atomic mass is 32.2. The zero-order valence-electron chi connectivity index (χ0n) is 15.1. The first-order valence-electron chi connectivity index (χ1n) is 8.09. The maximum Gasteiger partial charge on any atom is 0.276 e. The Labute approximate surface area is 161 Å². The van der Waals surface area contributed by atoms with Crippen LogP contribution in [0.25, 0.3) is 0 Å². The van der Waals surface area contributed by atoms with E-state index in [0.717, 1.165) is 11.1 Å². The van der Waals surface area contributed by atoms with Crippen molar-refractivity contribution in [2.24, 2.45) is 5.10 Å². The fourth-order valence-corrected chi connectivity index (χ4v) is 3.50. The van der Waals surface area contributed by atoms with Crippen LogP contribution in [0.1, 0.15) is 20.7 Å². The lowest BCUT2D eigenvalue weighted by Crippen LogP contribution is -2.32. The molecule has 10 heteroatoms. The van der Waals surface area contributed by atoms with E-state index in [1.165, 1.54) is 32.4 Å². The number of imide groups is 1. The third kappa shape index (κ3) is 3.54. The molecule has 146 valence electrons. The number of carbonyl (C=O) groups is 2. The molecule has 0 spiro atoms. The molecule has 2 amide bonds. The van der Waals surface area contributed by atoms with Crippen LogP contribution in [-0.2, 0) is 10.0 Å². The lowest BCUT2D eigenvalue weighted by molar-refractivity contribution is 0.0679. The van der Waals surface area contributed by atoms with Gasteiger partial charge in [-0.05, 0) is 24.3 Å². The maximum absolute atomic E-state index is 12.3. The molecule has 0 unspecified atom stereocenters.